The van der Waals surface area contributed by atoms with Crippen molar-refractivity contribution in [2.24, 2.45) is 0 Å². The maximum Gasteiger partial charge on any atom is 0.466 e. The van der Waals surface area contributed by atoms with Gasteiger partial charge in [-0.1, -0.05) is 0 Å². The van der Waals surface area contributed by atoms with E-state index in [9.17, 15) is 0 Å². The number of hydrogen-bond acceptors (Lipinski definition) is 5. The smallest absolute Gasteiger partial charge is 0.412 e. The molecule has 17 heavy (non-hydrogen) atoms. The molecule has 0 atom stereocenters. The molecule has 104 valence electrons. The van der Waals surface area contributed by atoms with E-state index in [2.05, 4.69) is 0 Å². The number of aliphatic hydroxyl groups excluding tert-OH is 2. The van der Waals surface area contributed by atoms with Crippen molar-refractivity contribution in [3.8, 4) is 0 Å². The zero-order valence-electron chi connectivity index (χ0n) is 8.81. The summed E-state index contributed by atoms with van der Waals surface area (Å²) >= 11 is 0. The zero-order chi connectivity index (χ0) is 10.4. The first kappa shape index (κ1) is 43.0. The van der Waals surface area contributed by atoms with Crippen LogP contribution in [0.2, 0.25) is 0 Å². The minimum absolute atomic E-state index is 0. The van der Waals surface area contributed by atoms with Crippen molar-refractivity contribution in [2.45, 2.75) is 5.79 Å². The van der Waals surface area contributed by atoms with Gasteiger partial charge in [0.25, 0.3) is 0 Å². The van der Waals surface area contributed by atoms with E-state index in [4.69, 9.17) is 39.7 Å². The predicted octanol–water partition coefficient (Wildman–Crippen LogP) is -5.76. The minimum Gasteiger partial charge on any atom is -0.412 e. The summed E-state index contributed by atoms with van der Waals surface area (Å²) in [5.41, 5.74) is 0. The van der Waals surface area contributed by atoms with Crippen LogP contribution in [-0.4, -0.2) is 70.5 Å². The molecule has 0 spiro atoms. The average molecular weight is 391 g/mol. The van der Waals surface area contributed by atoms with Crippen LogP contribution >= 0.6 is 7.82 Å². The normalized spacial score (nSPS) is 8.41. The van der Waals surface area contributed by atoms with Crippen LogP contribution in [0, 0.1) is 0 Å². The van der Waals surface area contributed by atoms with Crippen molar-refractivity contribution in [3.63, 3.8) is 0 Å². The van der Waals surface area contributed by atoms with Crippen LogP contribution in [0.3, 0.4) is 0 Å². The molecular formula is C3H17O11PZn2. The van der Waals surface area contributed by atoms with Crippen molar-refractivity contribution in [1.82, 2.24) is 0 Å². The van der Waals surface area contributed by atoms with E-state index in [0.29, 0.717) is 0 Å². The Morgan fingerprint density at radius 3 is 0.941 bits per heavy atom. The van der Waals surface area contributed by atoms with E-state index >= 15 is 0 Å². The zero-order valence-corrected chi connectivity index (χ0v) is 15.6. The fourth-order valence-electron chi connectivity index (χ4n) is 0.0500. The average Bonchev–Trinajstić information content (AvgIpc) is 1.85. The summed E-state index contributed by atoms with van der Waals surface area (Å²) in [7, 11) is -4.64. The molecular weight excluding hydrogens is 374 g/mol. The molecule has 0 aliphatic rings. The fraction of sp³-hybridized carbons (Fsp3) is 1.00. The standard InChI is InChI=1S/C3H8O4.H3O4P.3H2O.2Zn/c4-1-3(6,7)2-5;1-5(2,3)4;;;;;/h4-7H,1-2H2;(H3,1,2,3,4);3*1H2;;. The van der Waals surface area contributed by atoms with Gasteiger partial charge in [0, 0.05) is 39.0 Å². The molecule has 0 aliphatic heterocycles. The summed E-state index contributed by atoms with van der Waals surface area (Å²) in [5.74, 6) is -2.31. The molecule has 11 nitrogen and oxygen atoms in total. The van der Waals surface area contributed by atoms with Crippen molar-refractivity contribution < 1.29 is 95.1 Å². The van der Waals surface area contributed by atoms with Gasteiger partial charge < -0.3 is 51.5 Å². The first-order valence-corrected chi connectivity index (χ1v) is 4.13. The topological polar surface area (TPSA) is 253 Å². The summed E-state index contributed by atoms with van der Waals surface area (Å²) in [6.45, 7) is -1.69. The Kier molecular flexibility index (Phi) is 49.1. The third-order valence-corrected chi connectivity index (χ3v) is 0.506. The van der Waals surface area contributed by atoms with Crippen LogP contribution in [-0.2, 0) is 43.5 Å². The molecule has 0 radical (unpaired) electrons. The Labute approximate surface area is 122 Å². The molecule has 0 aromatic carbocycles. The van der Waals surface area contributed by atoms with Gasteiger partial charge in [-0.3, -0.25) is 0 Å². The van der Waals surface area contributed by atoms with Crippen LogP contribution in [0.1, 0.15) is 0 Å². The summed E-state index contributed by atoms with van der Waals surface area (Å²) in [4.78, 5) is 21.6. The number of rotatable bonds is 2. The summed E-state index contributed by atoms with van der Waals surface area (Å²) in [6, 6.07) is 0. The predicted molar refractivity (Wildman–Crippen MR) is 46.4 cm³/mol. The quantitative estimate of drug-likeness (QED) is 0.135. The monoisotopic (exact) mass is 388 g/mol. The van der Waals surface area contributed by atoms with Gasteiger partial charge in [-0.15, -0.1) is 0 Å². The minimum atomic E-state index is -4.64. The molecule has 0 aromatic rings. The SMILES string of the molecule is O.O.O.O=P(O)(O)O.OCC(O)(O)CO.[Zn].[Zn]. The summed E-state index contributed by atoms with van der Waals surface area (Å²) in [6.07, 6.45) is 0. The van der Waals surface area contributed by atoms with Crippen LogP contribution in [0.25, 0.3) is 0 Å². The Morgan fingerprint density at radius 1 is 0.824 bits per heavy atom. The van der Waals surface area contributed by atoms with E-state index in [0.717, 1.165) is 0 Å². The second-order valence-corrected chi connectivity index (χ2v) is 2.84. The van der Waals surface area contributed by atoms with Gasteiger partial charge in [0.05, 0.1) is 13.2 Å². The van der Waals surface area contributed by atoms with E-state index < -0.39 is 26.8 Å². The van der Waals surface area contributed by atoms with Crippen molar-refractivity contribution in [3.05, 3.63) is 0 Å². The Balaban J connectivity index is -0.0000000187. The number of hydrogen-bond donors (Lipinski definition) is 7. The Bertz CT molecular complexity index is 145. The molecule has 0 aromatic heterocycles. The number of aliphatic hydroxyl groups is 4. The van der Waals surface area contributed by atoms with Gasteiger partial charge in [-0.05, 0) is 0 Å². The third kappa shape index (κ3) is 77.5. The molecule has 0 saturated carbocycles. The molecule has 0 bridgehead atoms. The molecule has 13 N–H and O–H groups in total. The first-order valence-electron chi connectivity index (χ1n) is 2.57. The maximum absolute atomic E-state index is 8.88. The van der Waals surface area contributed by atoms with Crippen molar-refractivity contribution in [2.75, 3.05) is 13.2 Å². The summed E-state index contributed by atoms with van der Waals surface area (Å²) < 4.78 is 8.88. The second-order valence-electron chi connectivity index (χ2n) is 1.81. The number of phosphoric acid groups is 1. The van der Waals surface area contributed by atoms with Gasteiger partial charge >= 0.3 is 7.82 Å². The van der Waals surface area contributed by atoms with E-state index in [1.165, 1.54) is 0 Å². The van der Waals surface area contributed by atoms with Crippen molar-refractivity contribution >= 4 is 7.82 Å². The van der Waals surface area contributed by atoms with E-state index in [1.807, 2.05) is 0 Å². The van der Waals surface area contributed by atoms with Crippen LogP contribution in [0.4, 0.5) is 0 Å². The van der Waals surface area contributed by atoms with Crippen LogP contribution in [0.15, 0.2) is 0 Å². The van der Waals surface area contributed by atoms with Crippen molar-refractivity contribution in [1.29, 1.82) is 0 Å². The molecule has 0 fully saturated rings. The molecule has 0 amide bonds. The van der Waals surface area contributed by atoms with Crippen LogP contribution in [0.5, 0.6) is 0 Å². The van der Waals surface area contributed by atoms with E-state index in [1.54, 1.807) is 0 Å². The maximum atomic E-state index is 8.88. The first-order chi connectivity index (χ1) is 5.12. The Morgan fingerprint density at radius 2 is 0.941 bits per heavy atom. The Hall–Kier alpha value is 1.08. The van der Waals surface area contributed by atoms with Gasteiger partial charge in [-0.2, -0.15) is 0 Å². The molecule has 0 unspecified atom stereocenters. The molecule has 0 aliphatic carbocycles. The van der Waals surface area contributed by atoms with Gasteiger partial charge in [0.2, 0.25) is 5.79 Å². The van der Waals surface area contributed by atoms with Gasteiger partial charge in [0.1, 0.15) is 0 Å². The fourth-order valence-corrected chi connectivity index (χ4v) is 0.0500. The van der Waals surface area contributed by atoms with E-state index in [-0.39, 0.29) is 55.4 Å². The molecule has 14 heteroatoms. The van der Waals surface area contributed by atoms with Gasteiger partial charge in [0.15, 0.2) is 0 Å². The molecule has 0 heterocycles. The summed E-state index contributed by atoms with van der Waals surface area (Å²) in [5, 5.41) is 32.2. The molecule has 0 rings (SSSR count). The largest absolute Gasteiger partial charge is 0.466 e. The van der Waals surface area contributed by atoms with Gasteiger partial charge in [-0.25, -0.2) is 4.57 Å². The third-order valence-electron chi connectivity index (χ3n) is 0.506. The second kappa shape index (κ2) is 19.4. The molecule has 0 saturated heterocycles. The van der Waals surface area contributed by atoms with Crippen LogP contribution < -0.4 is 0 Å².